The van der Waals surface area contributed by atoms with Crippen LogP contribution in [0.15, 0.2) is 84.3 Å². The SMILES string of the molecule is O=S(=O)(c1ccc(Cl)cc1)N(CCc1ccc(F)cc1CCCn1ccnc1)c1cc(F)ccc1F. The number of halogens is 4. The van der Waals surface area contributed by atoms with Gasteiger partial charge in [0.15, 0.2) is 0 Å². The van der Waals surface area contributed by atoms with Crippen molar-refractivity contribution in [2.45, 2.75) is 30.7 Å². The summed E-state index contributed by atoms with van der Waals surface area (Å²) < 4.78 is 72.5. The largest absolute Gasteiger partial charge is 0.337 e. The molecule has 0 bridgehead atoms. The molecule has 0 radical (unpaired) electrons. The van der Waals surface area contributed by atoms with Gasteiger partial charge in [0.05, 0.1) is 16.9 Å². The van der Waals surface area contributed by atoms with Gasteiger partial charge in [0.2, 0.25) is 0 Å². The highest BCUT2D eigenvalue weighted by molar-refractivity contribution is 7.92. The number of aromatic nitrogens is 2. The van der Waals surface area contributed by atoms with Gasteiger partial charge in [0.1, 0.15) is 17.5 Å². The molecule has 0 saturated carbocycles. The average Bonchev–Trinajstić information content (AvgIpc) is 3.36. The summed E-state index contributed by atoms with van der Waals surface area (Å²) in [6.45, 7) is 0.493. The first-order chi connectivity index (χ1) is 17.2. The molecule has 0 unspecified atom stereocenters. The summed E-state index contributed by atoms with van der Waals surface area (Å²) in [5.41, 5.74) is 1.03. The number of anilines is 1. The number of rotatable bonds is 10. The van der Waals surface area contributed by atoms with Crippen molar-refractivity contribution in [3.63, 3.8) is 0 Å². The van der Waals surface area contributed by atoms with E-state index in [4.69, 9.17) is 11.6 Å². The minimum atomic E-state index is -4.26. The van der Waals surface area contributed by atoms with E-state index in [1.54, 1.807) is 18.6 Å². The standard InChI is InChI=1S/C26H23ClF3N3O2S/c27-21-4-8-24(9-5-21)36(34,35)33(26-17-23(29)7-10-25(26)30)14-11-19-3-6-22(28)16-20(19)2-1-13-32-15-12-31-18-32/h3-10,12,15-18H,1-2,11,13-14H2. The number of nitrogens with zero attached hydrogens (tertiary/aromatic N) is 3. The van der Waals surface area contributed by atoms with Crippen LogP contribution in [0.25, 0.3) is 0 Å². The Labute approximate surface area is 212 Å². The van der Waals surface area contributed by atoms with Crippen LogP contribution in [0.1, 0.15) is 17.5 Å². The highest BCUT2D eigenvalue weighted by Gasteiger charge is 2.28. The highest BCUT2D eigenvalue weighted by Crippen LogP contribution is 2.29. The van der Waals surface area contributed by atoms with Crippen LogP contribution in [0.3, 0.4) is 0 Å². The van der Waals surface area contributed by atoms with Gasteiger partial charge in [-0.15, -0.1) is 0 Å². The van der Waals surface area contributed by atoms with Gasteiger partial charge in [-0.2, -0.15) is 0 Å². The van der Waals surface area contributed by atoms with Crippen molar-refractivity contribution in [2.24, 2.45) is 0 Å². The van der Waals surface area contributed by atoms with E-state index in [0.29, 0.717) is 24.4 Å². The van der Waals surface area contributed by atoms with Crippen LogP contribution in [-0.4, -0.2) is 24.5 Å². The second-order valence-electron chi connectivity index (χ2n) is 8.19. The fourth-order valence-corrected chi connectivity index (χ4v) is 5.54. The Morgan fingerprint density at radius 2 is 1.61 bits per heavy atom. The Morgan fingerprint density at radius 3 is 2.33 bits per heavy atom. The molecule has 3 aromatic carbocycles. The lowest BCUT2D eigenvalue weighted by molar-refractivity contribution is 0.579. The summed E-state index contributed by atoms with van der Waals surface area (Å²) >= 11 is 5.90. The zero-order valence-electron chi connectivity index (χ0n) is 19.1. The summed E-state index contributed by atoms with van der Waals surface area (Å²) in [4.78, 5) is 3.88. The van der Waals surface area contributed by atoms with Crippen LogP contribution in [0.5, 0.6) is 0 Å². The normalized spacial score (nSPS) is 11.6. The summed E-state index contributed by atoms with van der Waals surface area (Å²) in [6.07, 6.45) is 6.61. The summed E-state index contributed by atoms with van der Waals surface area (Å²) in [7, 11) is -4.26. The van der Waals surface area contributed by atoms with Crippen LogP contribution in [0.2, 0.25) is 5.02 Å². The maximum absolute atomic E-state index is 14.7. The van der Waals surface area contributed by atoms with Gasteiger partial charge in [-0.25, -0.2) is 26.6 Å². The predicted octanol–water partition coefficient (Wildman–Crippen LogP) is 6.02. The molecule has 0 amide bonds. The minimum Gasteiger partial charge on any atom is -0.337 e. The van der Waals surface area contributed by atoms with Crippen LogP contribution in [0, 0.1) is 17.5 Å². The Kier molecular flexibility index (Phi) is 8.01. The monoisotopic (exact) mass is 533 g/mol. The molecule has 0 N–H and O–H groups in total. The molecular formula is C26H23ClF3N3O2S. The van der Waals surface area contributed by atoms with E-state index in [2.05, 4.69) is 4.98 Å². The van der Waals surface area contributed by atoms with E-state index in [1.165, 1.54) is 36.4 Å². The van der Waals surface area contributed by atoms with Crippen LogP contribution >= 0.6 is 11.6 Å². The Balaban J connectivity index is 1.62. The third-order valence-corrected chi connectivity index (χ3v) is 7.83. The van der Waals surface area contributed by atoms with Crippen LogP contribution in [0.4, 0.5) is 18.9 Å². The van der Waals surface area contributed by atoms with Crippen molar-refractivity contribution in [1.82, 2.24) is 9.55 Å². The second kappa shape index (κ2) is 11.2. The zero-order valence-corrected chi connectivity index (χ0v) is 20.7. The molecule has 36 heavy (non-hydrogen) atoms. The Hall–Kier alpha value is -3.30. The third kappa shape index (κ3) is 6.09. The van der Waals surface area contributed by atoms with E-state index in [-0.39, 0.29) is 17.9 Å². The zero-order chi connectivity index (χ0) is 25.7. The van der Waals surface area contributed by atoms with Crippen molar-refractivity contribution in [2.75, 3.05) is 10.8 Å². The van der Waals surface area contributed by atoms with Gasteiger partial charge >= 0.3 is 0 Å². The lowest BCUT2D eigenvalue weighted by Crippen LogP contribution is -2.34. The molecule has 0 aliphatic carbocycles. The average molecular weight is 534 g/mol. The molecule has 1 aromatic heterocycles. The lowest BCUT2D eigenvalue weighted by atomic mass is 10.00. The van der Waals surface area contributed by atoms with Crippen molar-refractivity contribution < 1.29 is 21.6 Å². The molecular weight excluding hydrogens is 511 g/mol. The van der Waals surface area contributed by atoms with Crippen LogP contribution < -0.4 is 4.31 Å². The molecule has 0 spiro atoms. The first-order valence-electron chi connectivity index (χ1n) is 11.2. The molecule has 0 fully saturated rings. The summed E-state index contributed by atoms with van der Waals surface area (Å²) in [6, 6.07) is 12.4. The van der Waals surface area contributed by atoms with Gasteiger partial charge in [-0.3, -0.25) is 4.31 Å². The molecule has 188 valence electrons. The van der Waals surface area contributed by atoms with Gasteiger partial charge in [-0.05, 0) is 78.9 Å². The quantitative estimate of drug-likeness (QED) is 0.250. The smallest absolute Gasteiger partial charge is 0.264 e. The van der Waals surface area contributed by atoms with E-state index < -0.39 is 33.2 Å². The molecule has 1 heterocycles. The summed E-state index contributed by atoms with van der Waals surface area (Å²) in [5.74, 6) is -2.06. The van der Waals surface area contributed by atoms with Gasteiger partial charge < -0.3 is 4.57 Å². The maximum atomic E-state index is 14.7. The third-order valence-electron chi connectivity index (χ3n) is 5.75. The van der Waals surface area contributed by atoms with E-state index >= 15 is 0 Å². The molecule has 4 aromatic rings. The molecule has 0 atom stereocenters. The van der Waals surface area contributed by atoms with Crippen molar-refractivity contribution >= 4 is 27.3 Å². The second-order valence-corrected chi connectivity index (χ2v) is 10.5. The maximum Gasteiger partial charge on any atom is 0.264 e. The van der Waals surface area contributed by atoms with Crippen molar-refractivity contribution in [3.8, 4) is 0 Å². The Bertz CT molecular complexity index is 1430. The number of hydrogen-bond donors (Lipinski definition) is 0. The first kappa shape index (κ1) is 25.8. The first-order valence-corrected chi connectivity index (χ1v) is 13.0. The van der Waals surface area contributed by atoms with Crippen molar-refractivity contribution in [1.29, 1.82) is 0 Å². The van der Waals surface area contributed by atoms with E-state index in [0.717, 1.165) is 33.6 Å². The van der Waals surface area contributed by atoms with Gasteiger partial charge in [-0.1, -0.05) is 17.7 Å². The van der Waals surface area contributed by atoms with Crippen molar-refractivity contribution in [3.05, 3.63) is 113 Å². The number of imidazole rings is 1. The summed E-state index contributed by atoms with van der Waals surface area (Å²) in [5, 5.41) is 0.337. The molecule has 0 aliphatic heterocycles. The number of aryl methyl sites for hydroxylation is 2. The molecule has 5 nitrogen and oxygen atoms in total. The number of benzene rings is 3. The van der Waals surface area contributed by atoms with Crippen LogP contribution in [-0.2, 0) is 29.4 Å². The highest BCUT2D eigenvalue weighted by atomic mass is 35.5. The Morgan fingerprint density at radius 1 is 0.889 bits per heavy atom. The minimum absolute atomic E-state index is 0.116. The number of sulfonamides is 1. The van der Waals surface area contributed by atoms with Gasteiger partial charge in [0.25, 0.3) is 10.0 Å². The molecule has 0 saturated heterocycles. The molecule has 4 rings (SSSR count). The number of hydrogen-bond acceptors (Lipinski definition) is 3. The predicted molar refractivity (Wildman–Crippen MR) is 133 cm³/mol. The fourth-order valence-electron chi connectivity index (χ4n) is 3.95. The van der Waals surface area contributed by atoms with Gasteiger partial charge in [0, 0.05) is 36.6 Å². The topological polar surface area (TPSA) is 55.2 Å². The molecule has 0 aliphatic rings. The lowest BCUT2D eigenvalue weighted by Gasteiger charge is -2.25. The van der Waals surface area contributed by atoms with E-state index in [9.17, 15) is 21.6 Å². The molecule has 10 heteroatoms. The van der Waals surface area contributed by atoms with E-state index in [1.807, 2.05) is 10.8 Å². The fraction of sp³-hybridized carbons (Fsp3) is 0.192.